The van der Waals surface area contributed by atoms with Crippen molar-refractivity contribution in [1.82, 2.24) is 4.72 Å². The van der Waals surface area contributed by atoms with Crippen LogP contribution in [-0.4, -0.2) is 27.2 Å². The number of sulfonamides is 1. The lowest BCUT2D eigenvalue weighted by Crippen LogP contribution is -2.49. The summed E-state index contributed by atoms with van der Waals surface area (Å²) in [6.07, 6.45) is -4.83. The third-order valence-corrected chi connectivity index (χ3v) is 5.82. The minimum absolute atomic E-state index is 0.149. The van der Waals surface area contributed by atoms with Gasteiger partial charge < -0.3 is 4.74 Å². The lowest BCUT2D eigenvalue weighted by molar-refractivity contribution is -0.157. The predicted octanol–water partition coefficient (Wildman–Crippen LogP) is 4.55. The molecule has 9 heteroatoms. The molecule has 0 radical (unpaired) electrons. The molecule has 148 valence electrons. The first kappa shape index (κ1) is 21.5. The molecule has 0 amide bonds. The molecule has 0 saturated carbocycles. The summed E-state index contributed by atoms with van der Waals surface area (Å²) >= 11 is 5.72. The molecule has 1 atom stereocenters. The van der Waals surface area contributed by atoms with Gasteiger partial charge in [-0.2, -0.15) is 17.9 Å². The molecule has 1 unspecified atom stereocenters. The predicted molar refractivity (Wildman–Crippen MR) is 97.8 cm³/mol. The van der Waals surface area contributed by atoms with Gasteiger partial charge in [-0.3, -0.25) is 0 Å². The van der Waals surface area contributed by atoms with Gasteiger partial charge in [-0.1, -0.05) is 29.3 Å². The molecule has 4 nitrogen and oxygen atoms in total. The Kier molecular flexibility index (Phi) is 6.44. The number of halogens is 4. The SMILES string of the molecule is Cc1cc(C)c(S(=O)(=O)NC(COc2ccc(Cl)cc2)C(F)(F)F)c(C)c1. The number of hydrogen-bond acceptors (Lipinski definition) is 3. The van der Waals surface area contributed by atoms with Crippen LogP contribution in [0.1, 0.15) is 16.7 Å². The number of benzene rings is 2. The van der Waals surface area contributed by atoms with Crippen molar-refractivity contribution in [2.45, 2.75) is 37.9 Å². The van der Waals surface area contributed by atoms with Gasteiger partial charge in [0, 0.05) is 5.02 Å². The Morgan fingerprint density at radius 2 is 1.59 bits per heavy atom. The number of alkyl halides is 3. The Hall–Kier alpha value is -1.77. The van der Waals surface area contributed by atoms with E-state index in [4.69, 9.17) is 16.3 Å². The molecule has 0 aliphatic rings. The van der Waals surface area contributed by atoms with Crippen LogP contribution in [-0.2, 0) is 10.0 Å². The smallest absolute Gasteiger partial charge is 0.408 e. The molecule has 0 saturated heterocycles. The first-order valence-corrected chi connectivity index (χ1v) is 9.81. The van der Waals surface area contributed by atoms with Gasteiger partial charge in [-0.15, -0.1) is 0 Å². The average molecular weight is 422 g/mol. The van der Waals surface area contributed by atoms with Crippen LogP contribution in [0.3, 0.4) is 0 Å². The maximum absolute atomic E-state index is 13.4. The number of rotatable bonds is 6. The largest absolute Gasteiger partial charge is 0.492 e. The van der Waals surface area contributed by atoms with Crippen molar-refractivity contribution in [2.75, 3.05) is 6.61 Å². The zero-order valence-electron chi connectivity index (χ0n) is 14.9. The van der Waals surface area contributed by atoms with Gasteiger partial charge in [0.2, 0.25) is 10.0 Å². The van der Waals surface area contributed by atoms with E-state index in [0.29, 0.717) is 16.1 Å². The van der Waals surface area contributed by atoms with E-state index < -0.39 is 28.8 Å². The van der Waals surface area contributed by atoms with Gasteiger partial charge in [0.25, 0.3) is 0 Å². The van der Waals surface area contributed by atoms with E-state index in [1.54, 1.807) is 37.6 Å². The van der Waals surface area contributed by atoms with Gasteiger partial charge in [0.1, 0.15) is 12.4 Å². The molecular formula is C18H19ClF3NO3S. The standard InChI is InChI=1S/C18H19ClF3NO3S/c1-11-8-12(2)17(13(3)9-11)27(24,25)23-16(18(20,21)22)10-26-15-6-4-14(19)5-7-15/h4-9,16,23H,10H2,1-3H3. The Labute approximate surface area is 161 Å². The van der Waals surface area contributed by atoms with Crippen molar-refractivity contribution in [3.05, 3.63) is 58.1 Å². The summed E-state index contributed by atoms with van der Waals surface area (Å²) in [5.74, 6) is 0.149. The van der Waals surface area contributed by atoms with Crippen LogP contribution in [0.4, 0.5) is 13.2 Å². The molecule has 0 fully saturated rings. The molecule has 1 N–H and O–H groups in total. The van der Waals surface area contributed by atoms with Crippen LogP contribution in [0.15, 0.2) is 41.3 Å². The summed E-state index contributed by atoms with van der Waals surface area (Å²) in [7, 11) is -4.40. The number of ether oxygens (including phenoxy) is 1. The first-order valence-electron chi connectivity index (χ1n) is 7.95. The molecule has 0 heterocycles. The highest BCUT2D eigenvalue weighted by atomic mass is 35.5. The van der Waals surface area contributed by atoms with Crippen LogP contribution < -0.4 is 9.46 Å². The second-order valence-electron chi connectivity index (χ2n) is 6.21. The topological polar surface area (TPSA) is 55.4 Å². The fraction of sp³-hybridized carbons (Fsp3) is 0.333. The van der Waals surface area contributed by atoms with Gasteiger partial charge >= 0.3 is 6.18 Å². The van der Waals surface area contributed by atoms with Crippen molar-refractivity contribution in [3.8, 4) is 5.75 Å². The third kappa shape index (κ3) is 5.60. The third-order valence-electron chi connectivity index (χ3n) is 3.80. The van der Waals surface area contributed by atoms with Gasteiger partial charge in [0.05, 0.1) is 4.90 Å². The minimum Gasteiger partial charge on any atom is -0.492 e. The highest BCUT2D eigenvalue weighted by Crippen LogP contribution is 2.26. The minimum atomic E-state index is -4.83. The van der Waals surface area contributed by atoms with Crippen molar-refractivity contribution >= 4 is 21.6 Å². The Morgan fingerprint density at radius 1 is 1.07 bits per heavy atom. The van der Waals surface area contributed by atoms with E-state index >= 15 is 0 Å². The number of aryl methyl sites for hydroxylation is 3. The van der Waals surface area contributed by atoms with Gasteiger partial charge in [-0.25, -0.2) is 8.42 Å². The fourth-order valence-electron chi connectivity index (χ4n) is 2.74. The van der Waals surface area contributed by atoms with Gasteiger partial charge in [-0.05, 0) is 56.2 Å². The molecule has 0 bridgehead atoms. The maximum atomic E-state index is 13.4. The average Bonchev–Trinajstić information content (AvgIpc) is 2.50. The zero-order valence-corrected chi connectivity index (χ0v) is 16.5. The second-order valence-corrected chi connectivity index (χ2v) is 8.30. The highest BCUT2D eigenvalue weighted by molar-refractivity contribution is 7.89. The van der Waals surface area contributed by atoms with E-state index in [9.17, 15) is 21.6 Å². The van der Waals surface area contributed by atoms with Crippen molar-refractivity contribution in [3.63, 3.8) is 0 Å². The first-order chi connectivity index (χ1) is 12.4. The quantitative estimate of drug-likeness (QED) is 0.744. The van der Waals surface area contributed by atoms with Crippen molar-refractivity contribution in [2.24, 2.45) is 0 Å². The lowest BCUT2D eigenvalue weighted by atomic mass is 10.1. The van der Waals surface area contributed by atoms with Crippen LogP contribution >= 0.6 is 11.6 Å². The second kappa shape index (κ2) is 8.08. The molecule has 0 aromatic heterocycles. The monoisotopic (exact) mass is 421 g/mol. The summed E-state index contributed by atoms with van der Waals surface area (Å²) in [6, 6.07) is 6.53. The Balaban J connectivity index is 2.26. The molecule has 0 aliphatic carbocycles. The molecule has 0 aliphatic heterocycles. The molecule has 0 spiro atoms. The van der Waals surface area contributed by atoms with Crippen molar-refractivity contribution in [1.29, 1.82) is 0 Å². The van der Waals surface area contributed by atoms with Crippen LogP contribution in [0.5, 0.6) is 5.75 Å². The highest BCUT2D eigenvalue weighted by Gasteiger charge is 2.43. The van der Waals surface area contributed by atoms with E-state index in [1.807, 2.05) is 0 Å². The van der Waals surface area contributed by atoms with E-state index in [-0.39, 0.29) is 10.6 Å². The number of hydrogen-bond donors (Lipinski definition) is 1. The molecule has 2 aromatic rings. The van der Waals surface area contributed by atoms with Crippen LogP contribution in [0, 0.1) is 20.8 Å². The zero-order chi connectivity index (χ0) is 20.4. The normalized spacial score (nSPS) is 13.4. The van der Waals surface area contributed by atoms with Crippen LogP contribution in [0.25, 0.3) is 0 Å². The Bertz CT molecular complexity index is 889. The number of nitrogens with one attached hydrogen (secondary N) is 1. The molecule has 2 rings (SSSR count). The van der Waals surface area contributed by atoms with Crippen molar-refractivity contribution < 1.29 is 26.3 Å². The summed E-state index contributed by atoms with van der Waals surface area (Å²) in [4.78, 5) is -0.158. The molecule has 27 heavy (non-hydrogen) atoms. The van der Waals surface area contributed by atoms with Gasteiger partial charge in [0.15, 0.2) is 6.04 Å². The lowest BCUT2D eigenvalue weighted by Gasteiger charge is -2.23. The van der Waals surface area contributed by atoms with E-state index in [1.165, 1.54) is 24.3 Å². The summed E-state index contributed by atoms with van der Waals surface area (Å²) < 4.78 is 72.2. The fourth-order valence-corrected chi connectivity index (χ4v) is 4.53. The van der Waals surface area contributed by atoms with E-state index in [2.05, 4.69) is 0 Å². The maximum Gasteiger partial charge on any atom is 0.408 e. The summed E-state index contributed by atoms with van der Waals surface area (Å²) in [5, 5.41) is 0.403. The summed E-state index contributed by atoms with van der Waals surface area (Å²) in [6.45, 7) is 3.96. The molecule has 2 aromatic carbocycles. The Morgan fingerprint density at radius 3 is 2.07 bits per heavy atom. The van der Waals surface area contributed by atoms with E-state index in [0.717, 1.165) is 5.56 Å². The van der Waals surface area contributed by atoms with Crippen LogP contribution in [0.2, 0.25) is 5.02 Å². The summed E-state index contributed by atoms with van der Waals surface area (Å²) in [5.41, 5.74) is 1.57. The molecular weight excluding hydrogens is 403 g/mol.